The van der Waals surface area contributed by atoms with E-state index in [0.29, 0.717) is 12.1 Å². The topological polar surface area (TPSA) is 33.5 Å². The molecule has 0 bridgehead atoms. The average Bonchev–Trinajstić information content (AvgIpc) is 2.39. The third-order valence-electron chi connectivity index (χ3n) is 3.70. The zero-order valence-electron chi connectivity index (χ0n) is 11.4. The lowest BCUT2D eigenvalue weighted by atomic mass is 10.0. The molecule has 1 amide bonds. The van der Waals surface area contributed by atoms with E-state index in [1.165, 1.54) is 43.0 Å². The monoisotopic (exact) mass is 265 g/mol. The van der Waals surface area contributed by atoms with Crippen molar-refractivity contribution in [3.63, 3.8) is 0 Å². The number of nitrogens with one attached hydrogen (secondary N) is 2. The number of quaternary nitrogens is 1. The maximum Gasteiger partial charge on any atom is 0.230 e. The van der Waals surface area contributed by atoms with E-state index in [1.807, 2.05) is 0 Å². The van der Waals surface area contributed by atoms with Crippen LogP contribution in [-0.2, 0) is 4.79 Å². The first-order valence-corrected chi connectivity index (χ1v) is 7.02. The van der Waals surface area contributed by atoms with Gasteiger partial charge in [-0.1, -0.05) is 6.92 Å². The Labute approximate surface area is 113 Å². The Bertz CT molecular complexity index is 419. The van der Waals surface area contributed by atoms with Crippen LogP contribution >= 0.6 is 0 Å². The lowest BCUT2D eigenvalue weighted by Crippen LogP contribution is -3.13. The van der Waals surface area contributed by atoms with Crippen molar-refractivity contribution in [2.45, 2.75) is 26.2 Å². The number of halogens is 1. The number of carbonyl (C=O) groups excluding carboxylic acids is 1. The van der Waals surface area contributed by atoms with E-state index in [2.05, 4.69) is 12.2 Å². The molecule has 0 radical (unpaired) electrons. The molecule has 0 aromatic heterocycles. The highest BCUT2D eigenvalue weighted by Crippen LogP contribution is 2.08. The second-order valence-corrected chi connectivity index (χ2v) is 5.51. The first-order chi connectivity index (χ1) is 9.13. The predicted molar refractivity (Wildman–Crippen MR) is 73.6 cm³/mol. The Morgan fingerprint density at radius 2 is 2.16 bits per heavy atom. The lowest BCUT2D eigenvalue weighted by molar-refractivity contribution is -0.907. The maximum atomic E-state index is 12.7. The zero-order chi connectivity index (χ0) is 13.7. The van der Waals surface area contributed by atoms with Crippen LogP contribution in [0.25, 0.3) is 0 Å². The number of carbonyl (C=O) groups is 1. The van der Waals surface area contributed by atoms with Gasteiger partial charge in [0.05, 0.1) is 26.1 Å². The van der Waals surface area contributed by atoms with Crippen LogP contribution in [0.3, 0.4) is 0 Å². The molecule has 0 saturated carbocycles. The molecule has 1 aromatic carbocycles. The summed E-state index contributed by atoms with van der Waals surface area (Å²) in [6, 6.07) is 5.88. The summed E-state index contributed by atoms with van der Waals surface area (Å²) in [5.74, 6) is 0.492. The van der Waals surface area contributed by atoms with Crippen molar-refractivity contribution in [3.8, 4) is 0 Å². The van der Waals surface area contributed by atoms with E-state index in [0.717, 1.165) is 12.5 Å². The summed E-state index contributed by atoms with van der Waals surface area (Å²) in [4.78, 5) is 13.3. The standard InChI is InChI=1S/C15H21FN2O/c1-12-3-2-9-18(11-12)10-8-15(19)17-14-6-4-13(16)5-7-14/h4-7,12H,2-3,8-11H2,1H3,(H,17,19)/p+1/t12-/m1/s1. The number of rotatable bonds is 4. The Morgan fingerprint density at radius 3 is 2.84 bits per heavy atom. The summed E-state index contributed by atoms with van der Waals surface area (Å²) < 4.78 is 12.7. The molecule has 1 heterocycles. The van der Waals surface area contributed by atoms with E-state index in [4.69, 9.17) is 0 Å². The van der Waals surface area contributed by atoms with Crippen molar-refractivity contribution in [2.24, 2.45) is 5.92 Å². The summed E-state index contributed by atoms with van der Waals surface area (Å²) in [5, 5.41) is 2.80. The van der Waals surface area contributed by atoms with Crippen LogP contribution in [0.2, 0.25) is 0 Å². The normalized spacial score (nSPS) is 23.1. The van der Waals surface area contributed by atoms with Crippen LogP contribution in [-0.4, -0.2) is 25.5 Å². The fraction of sp³-hybridized carbons (Fsp3) is 0.533. The van der Waals surface area contributed by atoms with Gasteiger partial charge in [-0.3, -0.25) is 4.79 Å². The van der Waals surface area contributed by atoms with Gasteiger partial charge >= 0.3 is 0 Å². The highest BCUT2D eigenvalue weighted by atomic mass is 19.1. The molecule has 19 heavy (non-hydrogen) atoms. The second-order valence-electron chi connectivity index (χ2n) is 5.51. The van der Waals surface area contributed by atoms with Crippen molar-refractivity contribution in [1.82, 2.24) is 0 Å². The van der Waals surface area contributed by atoms with Crippen LogP contribution in [0, 0.1) is 11.7 Å². The highest BCUT2D eigenvalue weighted by molar-refractivity contribution is 5.90. The highest BCUT2D eigenvalue weighted by Gasteiger charge is 2.20. The minimum Gasteiger partial charge on any atom is -0.334 e. The largest absolute Gasteiger partial charge is 0.334 e. The third-order valence-corrected chi connectivity index (χ3v) is 3.70. The maximum absolute atomic E-state index is 12.7. The predicted octanol–water partition coefficient (Wildman–Crippen LogP) is 1.47. The minimum atomic E-state index is -0.287. The smallest absolute Gasteiger partial charge is 0.230 e. The molecular weight excluding hydrogens is 243 g/mol. The molecule has 1 saturated heterocycles. The number of hydrogen-bond acceptors (Lipinski definition) is 1. The number of benzene rings is 1. The summed E-state index contributed by atoms with van der Waals surface area (Å²) in [5.41, 5.74) is 0.661. The molecule has 1 aromatic rings. The molecule has 1 unspecified atom stereocenters. The molecule has 1 aliphatic rings. The van der Waals surface area contributed by atoms with Gasteiger partial charge in [0, 0.05) is 11.6 Å². The third kappa shape index (κ3) is 4.63. The van der Waals surface area contributed by atoms with Gasteiger partial charge in [-0.15, -0.1) is 0 Å². The van der Waals surface area contributed by atoms with Crippen molar-refractivity contribution < 1.29 is 14.1 Å². The van der Waals surface area contributed by atoms with E-state index in [9.17, 15) is 9.18 Å². The molecule has 2 rings (SSSR count). The fourth-order valence-corrected chi connectivity index (χ4v) is 2.67. The fourth-order valence-electron chi connectivity index (χ4n) is 2.67. The molecular formula is C15H22FN2O+. The molecule has 2 atom stereocenters. The van der Waals surface area contributed by atoms with E-state index in [-0.39, 0.29) is 11.7 Å². The molecule has 2 N–H and O–H groups in total. The van der Waals surface area contributed by atoms with Gasteiger partial charge < -0.3 is 10.2 Å². The summed E-state index contributed by atoms with van der Waals surface area (Å²) in [6.45, 7) is 5.51. The quantitative estimate of drug-likeness (QED) is 0.849. The summed E-state index contributed by atoms with van der Waals surface area (Å²) >= 11 is 0. The van der Waals surface area contributed by atoms with Crippen molar-refractivity contribution in [1.29, 1.82) is 0 Å². The SMILES string of the molecule is C[C@@H]1CCC[NH+](CCC(=O)Nc2ccc(F)cc2)C1. The number of anilines is 1. The van der Waals surface area contributed by atoms with Crippen molar-refractivity contribution in [2.75, 3.05) is 25.0 Å². The molecule has 4 heteroatoms. The van der Waals surface area contributed by atoms with Crippen molar-refractivity contribution >= 4 is 11.6 Å². The average molecular weight is 265 g/mol. The van der Waals surface area contributed by atoms with Gasteiger partial charge in [-0.25, -0.2) is 4.39 Å². The number of likely N-dealkylation sites (tertiary alicyclic amines) is 1. The van der Waals surface area contributed by atoms with Gasteiger partial charge in [0.1, 0.15) is 5.82 Å². The number of amides is 1. The molecule has 3 nitrogen and oxygen atoms in total. The Hall–Kier alpha value is -1.42. The van der Waals surface area contributed by atoms with Crippen LogP contribution in [0.1, 0.15) is 26.2 Å². The van der Waals surface area contributed by atoms with Crippen molar-refractivity contribution in [3.05, 3.63) is 30.1 Å². The molecule has 104 valence electrons. The number of piperidine rings is 1. The van der Waals surface area contributed by atoms with Gasteiger partial charge in [0.15, 0.2) is 0 Å². The Kier molecular flexibility index (Phi) is 4.91. The Morgan fingerprint density at radius 1 is 1.42 bits per heavy atom. The van der Waals surface area contributed by atoms with Crippen LogP contribution in [0.5, 0.6) is 0 Å². The molecule has 1 aliphatic heterocycles. The van der Waals surface area contributed by atoms with Gasteiger partial charge in [0.2, 0.25) is 5.91 Å². The summed E-state index contributed by atoms with van der Waals surface area (Å²) in [7, 11) is 0. The van der Waals surface area contributed by atoms with Crippen LogP contribution in [0.15, 0.2) is 24.3 Å². The lowest BCUT2D eigenvalue weighted by Gasteiger charge is -2.27. The summed E-state index contributed by atoms with van der Waals surface area (Å²) in [6.07, 6.45) is 3.10. The van der Waals surface area contributed by atoms with Gasteiger partial charge in [0.25, 0.3) is 0 Å². The number of hydrogen-bond donors (Lipinski definition) is 2. The first-order valence-electron chi connectivity index (χ1n) is 7.02. The molecule has 0 aliphatic carbocycles. The second kappa shape index (κ2) is 6.66. The van der Waals surface area contributed by atoms with E-state index >= 15 is 0 Å². The van der Waals surface area contributed by atoms with E-state index in [1.54, 1.807) is 12.1 Å². The first kappa shape index (κ1) is 14.0. The van der Waals surface area contributed by atoms with E-state index < -0.39 is 0 Å². The van der Waals surface area contributed by atoms with Gasteiger partial charge in [-0.2, -0.15) is 0 Å². The zero-order valence-corrected chi connectivity index (χ0v) is 11.4. The van der Waals surface area contributed by atoms with Gasteiger partial charge in [-0.05, 0) is 37.1 Å². The van der Waals surface area contributed by atoms with Crippen LogP contribution in [0.4, 0.5) is 10.1 Å². The molecule has 1 fully saturated rings. The van der Waals surface area contributed by atoms with Crippen LogP contribution < -0.4 is 10.2 Å². The minimum absolute atomic E-state index is 0.0114. The molecule has 0 spiro atoms. The Balaban J connectivity index is 1.73.